The van der Waals surface area contributed by atoms with E-state index in [1.165, 1.54) is 23.1 Å². The number of aromatic hydroxyl groups is 1. The smallest absolute Gasteiger partial charge is 0.308 e. The van der Waals surface area contributed by atoms with Gasteiger partial charge in [0.25, 0.3) is 5.88 Å². The molecule has 1 N–H and O–H groups in total. The van der Waals surface area contributed by atoms with Crippen LogP contribution in [0, 0.1) is 5.82 Å². The molecule has 0 atom stereocenters. The van der Waals surface area contributed by atoms with E-state index in [1.54, 1.807) is 0 Å². The highest BCUT2D eigenvalue weighted by atomic mass is 35.5. The van der Waals surface area contributed by atoms with E-state index in [0.29, 0.717) is 19.4 Å². The number of amides is 1. The molecule has 1 aliphatic heterocycles. The highest BCUT2D eigenvalue weighted by Gasteiger charge is 2.34. The molecule has 1 aromatic carbocycles. The second kappa shape index (κ2) is 6.16. The molecule has 2 aromatic rings. The Morgan fingerprint density at radius 2 is 2.21 bits per heavy atom. The van der Waals surface area contributed by atoms with Gasteiger partial charge in [0.15, 0.2) is 11.6 Å². The molecule has 1 aromatic heterocycles. The molecule has 126 valence electrons. The minimum atomic E-state index is -0.795. The Morgan fingerprint density at radius 1 is 1.46 bits per heavy atom. The fourth-order valence-corrected chi connectivity index (χ4v) is 2.71. The zero-order valence-corrected chi connectivity index (χ0v) is 13.4. The van der Waals surface area contributed by atoms with Gasteiger partial charge in [-0.25, -0.2) is 4.39 Å². The van der Waals surface area contributed by atoms with E-state index in [9.17, 15) is 19.1 Å². The molecule has 0 bridgehead atoms. The lowest BCUT2D eigenvalue weighted by Crippen LogP contribution is -2.24. The van der Waals surface area contributed by atoms with Gasteiger partial charge in [-0.3, -0.25) is 14.5 Å². The number of nitrogens with zero attached hydrogens (tertiary/aromatic N) is 1. The Kier molecular flexibility index (Phi) is 4.19. The summed E-state index contributed by atoms with van der Waals surface area (Å²) in [6.07, 6.45) is 0.905. The van der Waals surface area contributed by atoms with E-state index in [0.717, 1.165) is 6.92 Å². The van der Waals surface area contributed by atoms with Crippen LogP contribution >= 0.6 is 11.6 Å². The van der Waals surface area contributed by atoms with E-state index in [4.69, 9.17) is 20.8 Å². The maximum absolute atomic E-state index is 14.2. The lowest BCUT2D eigenvalue weighted by atomic mass is 10.1. The van der Waals surface area contributed by atoms with E-state index >= 15 is 0 Å². The van der Waals surface area contributed by atoms with Crippen molar-refractivity contribution in [2.75, 3.05) is 11.4 Å². The molecule has 0 radical (unpaired) electrons. The number of esters is 1. The fraction of sp³-hybridized carbons (Fsp3) is 0.250. The molecule has 1 aliphatic rings. The second-order valence-corrected chi connectivity index (χ2v) is 5.67. The van der Waals surface area contributed by atoms with Crippen molar-refractivity contribution < 1.29 is 28.2 Å². The SMILES string of the molecule is CC(=O)Oc1c(N2CCCC2=O)oc(-c2cccc(Cl)c2F)c1O. The summed E-state index contributed by atoms with van der Waals surface area (Å²) in [6, 6.07) is 4.18. The Labute approximate surface area is 141 Å². The van der Waals surface area contributed by atoms with Gasteiger partial charge in [0.1, 0.15) is 0 Å². The molecule has 1 fully saturated rings. The largest absolute Gasteiger partial charge is 0.502 e. The monoisotopic (exact) mass is 353 g/mol. The first kappa shape index (κ1) is 16.3. The molecule has 0 spiro atoms. The third kappa shape index (κ3) is 2.71. The van der Waals surface area contributed by atoms with Crippen molar-refractivity contribution >= 4 is 29.4 Å². The zero-order valence-electron chi connectivity index (χ0n) is 12.6. The van der Waals surface area contributed by atoms with E-state index in [1.807, 2.05) is 0 Å². The van der Waals surface area contributed by atoms with Gasteiger partial charge in [0, 0.05) is 19.9 Å². The van der Waals surface area contributed by atoms with Crippen LogP contribution in [0.5, 0.6) is 11.5 Å². The van der Waals surface area contributed by atoms with Crippen molar-refractivity contribution in [2.24, 2.45) is 0 Å². The summed E-state index contributed by atoms with van der Waals surface area (Å²) >= 11 is 5.75. The summed E-state index contributed by atoms with van der Waals surface area (Å²) in [7, 11) is 0. The average molecular weight is 354 g/mol. The van der Waals surface area contributed by atoms with Crippen molar-refractivity contribution in [1.29, 1.82) is 0 Å². The maximum Gasteiger partial charge on any atom is 0.308 e. The van der Waals surface area contributed by atoms with E-state index < -0.39 is 17.5 Å². The highest BCUT2D eigenvalue weighted by Crippen LogP contribution is 2.49. The molecule has 1 amide bonds. The molecule has 2 heterocycles. The number of hydrogen-bond acceptors (Lipinski definition) is 5. The van der Waals surface area contributed by atoms with Crippen LogP contribution in [0.25, 0.3) is 11.3 Å². The third-order valence-electron chi connectivity index (χ3n) is 3.58. The maximum atomic E-state index is 14.2. The first-order chi connectivity index (χ1) is 11.4. The molecular weight excluding hydrogens is 341 g/mol. The van der Waals surface area contributed by atoms with Crippen molar-refractivity contribution in [3.8, 4) is 22.8 Å². The summed E-state index contributed by atoms with van der Waals surface area (Å²) in [6.45, 7) is 1.49. The van der Waals surface area contributed by atoms with Gasteiger partial charge in [-0.1, -0.05) is 17.7 Å². The number of halogens is 2. The van der Waals surface area contributed by atoms with Crippen molar-refractivity contribution in [3.05, 3.63) is 29.0 Å². The van der Waals surface area contributed by atoms with Crippen molar-refractivity contribution in [2.45, 2.75) is 19.8 Å². The Bertz CT molecular complexity index is 832. The van der Waals surface area contributed by atoms with Crippen LogP contribution < -0.4 is 9.64 Å². The van der Waals surface area contributed by atoms with Crippen LogP contribution in [0.15, 0.2) is 22.6 Å². The van der Waals surface area contributed by atoms with Gasteiger partial charge >= 0.3 is 5.97 Å². The van der Waals surface area contributed by atoms with E-state index in [-0.39, 0.29) is 33.9 Å². The molecular formula is C16H13ClFNO5. The average Bonchev–Trinajstić information content (AvgIpc) is 3.07. The normalized spacial score (nSPS) is 14.3. The van der Waals surface area contributed by atoms with Gasteiger partial charge in [-0.05, 0) is 18.6 Å². The van der Waals surface area contributed by atoms with Gasteiger partial charge < -0.3 is 14.3 Å². The van der Waals surface area contributed by atoms with Crippen molar-refractivity contribution in [1.82, 2.24) is 0 Å². The molecule has 3 rings (SSSR count). The summed E-state index contributed by atoms with van der Waals surface area (Å²) in [5.74, 6) is -3.02. The molecule has 0 aliphatic carbocycles. The Morgan fingerprint density at radius 3 is 2.83 bits per heavy atom. The van der Waals surface area contributed by atoms with Crippen LogP contribution in [0.3, 0.4) is 0 Å². The van der Waals surface area contributed by atoms with Gasteiger partial charge in [0.05, 0.1) is 10.6 Å². The highest BCUT2D eigenvalue weighted by molar-refractivity contribution is 6.31. The Balaban J connectivity index is 2.18. The van der Waals surface area contributed by atoms with E-state index in [2.05, 4.69) is 0 Å². The molecule has 1 saturated heterocycles. The third-order valence-corrected chi connectivity index (χ3v) is 3.88. The number of furan rings is 1. The standard InChI is InChI=1S/C16H13ClFNO5/c1-8(20)23-15-13(22)14(9-4-2-5-10(17)12(9)18)24-16(15)19-7-3-6-11(19)21/h2,4-5,22H,3,6-7H2,1H3. The predicted octanol–water partition coefficient (Wildman–Crippen LogP) is 3.50. The molecule has 24 heavy (non-hydrogen) atoms. The number of anilines is 1. The first-order valence-electron chi connectivity index (χ1n) is 7.19. The topological polar surface area (TPSA) is 80.0 Å². The number of ether oxygens (including phenoxy) is 1. The van der Waals surface area contributed by atoms with Crippen LogP contribution in [0.4, 0.5) is 10.3 Å². The summed E-state index contributed by atoms with van der Waals surface area (Å²) < 4.78 is 24.7. The number of benzene rings is 1. The number of rotatable bonds is 3. The number of carbonyl (C=O) groups excluding carboxylic acids is 2. The predicted molar refractivity (Wildman–Crippen MR) is 83.7 cm³/mol. The number of carbonyl (C=O) groups is 2. The number of hydrogen-bond donors (Lipinski definition) is 1. The van der Waals surface area contributed by atoms with Gasteiger partial charge in [0.2, 0.25) is 17.4 Å². The lowest BCUT2D eigenvalue weighted by molar-refractivity contribution is -0.132. The summed E-state index contributed by atoms with van der Waals surface area (Å²) in [4.78, 5) is 24.5. The minimum Gasteiger partial charge on any atom is -0.502 e. The summed E-state index contributed by atoms with van der Waals surface area (Å²) in [5.41, 5.74) is -0.105. The quantitative estimate of drug-likeness (QED) is 0.854. The van der Waals surface area contributed by atoms with Crippen LogP contribution in [0.2, 0.25) is 5.02 Å². The van der Waals surface area contributed by atoms with Gasteiger partial charge in [-0.15, -0.1) is 0 Å². The summed E-state index contributed by atoms with van der Waals surface area (Å²) in [5, 5.41) is 10.2. The van der Waals surface area contributed by atoms with Crippen LogP contribution in [0.1, 0.15) is 19.8 Å². The fourth-order valence-electron chi connectivity index (χ4n) is 2.53. The van der Waals surface area contributed by atoms with Crippen LogP contribution in [-0.4, -0.2) is 23.5 Å². The molecule has 6 nitrogen and oxygen atoms in total. The zero-order chi connectivity index (χ0) is 17.4. The molecule has 8 heteroatoms. The van der Waals surface area contributed by atoms with Crippen LogP contribution in [-0.2, 0) is 9.59 Å². The van der Waals surface area contributed by atoms with Crippen molar-refractivity contribution in [3.63, 3.8) is 0 Å². The molecule has 0 saturated carbocycles. The minimum absolute atomic E-state index is 0.105. The Hall–Kier alpha value is -2.54. The lowest BCUT2D eigenvalue weighted by Gasteiger charge is -2.13. The first-order valence-corrected chi connectivity index (χ1v) is 7.57. The van der Waals surface area contributed by atoms with Gasteiger partial charge in [-0.2, -0.15) is 0 Å². The second-order valence-electron chi connectivity index (χ2n) is 5.26. The molecule has 0 unspecified atom stereocenters.